The molecule has 2 aromatic rings. The van der Waals surface area contributed by atoms with E-state index in [0.717, 1.165) is 5.56 Å². The van der Waals surface area contributed by atoms with Gasteiger partial charge in [-0.15, -0.1) is 18.3 Å². The van der Waals surface area contributed by atoms with Gasteiger partial charge in [0, 0.05) is 11.8 Å². The zero-order valence-electron chi connectivity index (χ0n) is 21.9. The van der Waals surface area contributed by atoms with E-state index < -0.39 is 28.7 Å². The van der Waals surface area contributed by atoms with Crippen LogP contribution in [0.2, 0.25) is 5.02 Å². The molecule has 206 valence electrons. The third kappa shape index (κ3) is 4.66. The number of hydrogen-bond donors (Lipinski definition) is 1. The number of aliphatic hydroxyl groups is 1. The Labute approximate surface area is 238 Å². The average molecular weight is 569 g/mol. The molecule has 3 aliphatic rings. The van der Waals surface area contributed by atoms with Gasteiger partial charge in [-0.2, -0.15) is 0 Å². The maximum Gasteiger partial charge on any atom is 0.310 e. The number of thioether (sulfide) groups is 1. The number of rotatable bonds is 10. The van der Waals surface area contributed by atoms with Crippen LogP contribution < -0.4 is 4.90 Å². The van der Waals surface area contributed by atoms with Crippen molar-refractivity contribution in [1.29, 1.82) is 0 Å². The van der Waals surface area contributed by atoms with Crippen molar-refractivity contribution in [3.8, 4) is 0 Å². The summed E-state index contributed by atoms with van der Waals surface area (Å²) < 4.78 is 4.61. The largest absolute Gasteiger partial charge is 0.466 e. The van der Waals surface area contributed by atoms with Crippen LogP contribution in [0.1, 0.15) is 25.3 Å². The summed E-state index contributed by atoms with van der Waals surface area (Å²) in [7, 11) is 0. The minimum atomic E-state index is -0.887. The molecular weight excluding hydrogens is 536 g/mol. The Hall–Kier alpha value is -2.81. The van der Waals surface area contributed by atoms with E-state index in [-0.39, 0.29) is 42.8 Å². The van der Waals surface area contributed by atoms with E-state index in [0.29, 0.717) is 30.0 Å². The second-order valence-corrected chi connectivity index (χ2v) is 12.3. The molecule has 0 aliphatic carbocycles. The third-order valence-electron chi connectivity index (χ3n) is 8.17. The molecule has 39 heavy (non-hydrogen) atoms. The van der Waals surface area contributed by atoms with Crippen molar-refractivity contribution in [3.63, 3.8) is 0 Å². The molecule has 1 N–H and O–H groups in total. The lowest BCUT2D eigenvalue weighted by molar-refractivity contribution is -0.154. The summed E-state index contributed by atoms with van der Waals surface area (Å²) in [4.78, 5) is 45.3. The second kappa shape index (κ2) is 11.4. The number of benzene rings is 2. The Balaban J connectivity index is 1.61. The van der Waals surface area contributed by atoms with E-state index in [1.165, 1.54) is 0 Å². The quantitative estimate of drug-likeness (QED) is 0.343. The first-order chi connectivity index (χ1) is 18.9. The lowest BCUT2D eigenvalue weighted by Crippen LogP contribution is -2.58. The summed E-state index contributed by atoms with van der Waals surface area (Å²) in [5.74, 6) is -2.27. The molecular formula is C30H33ClN2O5S. The van der Waals surface area contributed by atoms with Crippen LogP contribution in [0.3, 0.4) is 0 Å². The minimum Gasteiger partial charge on any atom is -0.466 e. The number of carbonyl (C=O) groups is 3. The standard InChI is InChI=1S/C30H33ClN2O5S/c1-3-16-32(22-13-9-8-12-21(22)31)28(36)26-30-15-14-23(39-30)24(29(37)38-4-2)25(30)27(35)33(26)20(18-34)17-19-10-6-5-7-11-19/h3,5-13,20,23-26,34H,1,4,14-18H2,2H3/t20-,23+,24-,25+,26?,30?/m1/s1. The molecule has 6 atom stereocenters. The third-order valence-corrected chi connectivity index (χ3v) is 10.4. The summed E-state index contributed by atoms with van der Waals surface area (Å²) >= 11 is 8.11. The fourth-order valence-corrected chi connectivity index (χ4v) is 9.09. The summed E-state index contributed by atoms with van der Waals surface area (Å²) in [6.07, 6.45) is 3.34. The van der Waals surface area contributed by atoms with E-state index >= 15 is 0 Å². The number of likely N-dealkylation sites (tertiary alicyclic amines) is 1. The highest BCUT2D eigenvalue weighted by Crippen LogP contribution is 2.67. The SMILES string of the molecule is C=CCN(C(=O)C1N([C@@H](CO)Cc2ccccc2)C(=O)[C@@H]2[C@H](C(=O)OCC)[C@@H]3CCC12S3)c1ccccc1Cl. The highest BCUT2D eigenvalue weighted by atomic mass is 35.5. The first-order valence-corrected chi connectivity index (χ1v) is 14.6. The number of para-hydroxylation sites is 1. The fourth-order valence-electron chi connectivity index (χ4n) is 6.66. The summed E-state index contributed by atoms with van der Waals surface area (Å²) in [6.45, 7) is 5.70. The highest BCUT2D eigenvalue weighted by Gasteiger charge is 2.74. The van der Waals surface area contributed by atoms with Gasteiger partial charge in [-0.05, 0) is 43.9 Å². The first-order valence-electron chi connectivity index (χ1n) is 13.4. The van der Waals surface area contributed by atoms with Crippen LogP contribution in [0.5, 0.6) is 0 Å². The number of ether oxygens (including phenoxy) is 1. The van der Waals surface area contributed by atoms with Gasteiger partial charge in [0.15, 0.2) is 0 Å². The van der Waals surface area contributed by atoms with Gasteiger partial charge in [0.2, 0.25) is 5.91 Å². The maximum atomic E-state index is 14.7. The molecule has 3 aliphatic heterocycles. The number of esters is 1. The summed E-state index contributed by atoms with van der Waals surface area (Å²) in [6, 6.07) is 15.2. The summed E-state index contributed by atoms with van der Waals surface area (Å²) in [5.41, 5.74) is 1.47. The zero-order valence-corrected chi connectivity index (χ0v) is 23.4. The Kier molecular flexibility index (Phi) is 8.08. The topological polar surface area (TPSA) is 87.2 Å². The summed E-state index contributed by atoms with van der Waals surface area (Å²) in [5, 5.41) is 10.9. The van der Waals surface area contributed by atoms with Gasteiger partial charge in [0.05, 0.1) is 46.5 Å². The molecule has 2 amide bonds. The first kappa shape index (κ1) is 27.7. The molecule has 7 nitrogen and oxygen atoms in total. The van der Waals surface area contributed by atoms with Gasteiger partial charge in [-0.25, -0.2) is 0 Å². The Morgan fingerprint density at radius 1 is 1.26 bits per heavy atom. The van der Waals surface area contributed by atoms with Crippen LogP contribution in [0.15, 0.2) is 67.3 Å². The molecule has 0 radical (unpaired) electrons. The van der Waals surface area contributed by atoms with Gasteiger partial charge < -0.3 is 19.6 Å². The van der Waals surface area contributed by atoms with Gasteiger partial charge in [0.1, 0.15) is 6.04 Å². The molecule has 9 heteroatoms. The van der Waals surface area contributed by atoms with Crippen LogP contribution in [0.4, 0.5) is 5.69 Å². The highest BCUT2D eigenvalue weighted by molar-refractivity contribution is 8.02. The number of fused-ring (bicyclic) bond motifs is 1. The monoisotopic (exact) mass is 568 g/mol. The molecule has 3 saturated heterocycles. The van der Waals surface area contributed by atoms with Gasteiger partial charge in [-0.1, -0.05) is 60.1 Å². The van der Waals surface area contributed by atoms with Crippen LogP contribution >= 0.6 is 23.4 Å². The zero-order chi connectivity index (χ0) is 27.7. The van der Waals surface area contributed by atoms with E-state index in [1.807, 2.05) is 36.4 Å². The van der Waals surface area contributed by atoms with Crippen LogP contribution in [0, 0.1) is 11.8 Å². The Bertz CT molecular complexity index is 1260. The predicted octanol–water partition coefficient (Wildman–Crippen LogP) is 4.12. The molecule has 5 rings (SSSR count). The number of aliphatic hydroxyl groups excluding tert-OH is 1. The van der Waals surface area contributed by atoms with Gasteiger partial charge >= 0.3 is 5.97 Å². The van der Waals surface area contributed by atoms with Crippen LogP contribution in [-0.4, -0.2) is 69.6 Å². The average Bonchev–Trinajstić information content (AvgIpc) is 3.59. The molecule has 1 spiro atoms. The number of halogens is 1. The van der Waals surface area contributed by atoms with Crippen molar-refractivity contribution in [1.82, 2.24) is 4.90 Å². The minimum absolute atomic E-state index is 0.0923. The lowest BCUT2D eigenvalue weighted by Gasteiger charge is -2.39. The van der Waals surface area contributed by atoms with Crippen molar-refractivity contribution in [2.75, 3.05) is 24.7 Å². The lowest BCUT2D eigenvalue weighted by atomic mass is 9.71. The molecule has 2 aromatic carbocycles. The van der Waals surface area contributed by atoms with E-state index in [4.69, 9.17) is 16.3 Å². The Morgan fingerprint density at radius 3 is 2.64 bits per heavy atom. The number of carbonyl (C=O) groups excluding carboxylic acids is 3. The van der Waals surface area contributed by atoms with Gasteiger partial charge in [-0.3, -0.25) is 14.4 Å². The van der Waals surface area contributed by atoms with Crippen molar-refractivity contribution in [2.45, 2.75) is 48.3 Å². The number of amides is 2. The van der Waals surface area contributed by atoms with Crippen LogP contribution in [-0.2, 0) is 25.5 Å². The smallest absolute Gasteiger partial charge is 0.310 e. The van der Waals surface area contributed by atoms with E-state index in [9.17, 15) is 19.5 Å². The molecule has 2 bridgehead atoms. The van der Waals surface area contributed by atoms with E-state index in [1.54, 1.807) is 52.8 Å². The Morgan fingerprint density at radius 2 is 1.97 bits per heavy atom. The van der Waals surface area contributed by atoms with E-state index in [2.05, 4.69) is 6.58 Å². The molecule has 0 aromatic heterocycles. The number of nitrogens with zero attached hydrogens (tertiary/aromatic N) is 2. The molecule has 3 fully saturated rings. The maximum absolute atomic E-state index is 14.7. The number of hydrogen-bond acceptors (Lipinski definition) is 6. The molecule has 3 heterocycles. The molecule has 2 unspecified atom stereocenters. The fraction of sp³-hybridized carbons (Fsp3) is 0.433. The van der Waals surface area contributed by atoms with Crippen molar-refractivity contribution < 1.29 is 24.2 Å². The molecule has 0 saturated carbocycles. The number of anilines is 1. The van der Waals surface area contributed by atoms with Crippen molar-refractivity contribution in [2.24, 2.45) is 11.8 Å². The van der Waals surface area contributed by atoms with Crippen LogP contribution in [0.25, 0.3) is 0 Å². The normalized spacial score (nSPS) is 27.8. The second-order valence-electron chi connectivity index (χ2n) is 10.3. The van der Waals surface area contributed by atoms with Crippen molar-refractivity contribution >= 4 is 46.8 Å². The predicted molar refractivity (Wildman–Crippen MR) is 153 cm³/mol. The van der Waals surface area contributed by atoms with Crippen molar-refractivity contribution in [3.05, 3.63) is 77.8 Å². The van der Waals surface area contributed by atoms with Gasteiger partial charge in [0.25, 0.3) is 5.91 Å².